The van der Waals surface area contributed by atoms with Crippen LogP contribution >= 0.6 is 11.5 Å². The number of aromatic nitrogens is 2. The molecule has 0 N–H and O–H groups in total. The molecule has 3 rings (SSSR count). The molecule has 0 saturated carbocycles. The monoisotopic (exact) mass is 283 g/mol. The molecule has 3 aromatic rings. The van der Waals surface area contributed by atoms with Gasteiger partial charge in [0, 0.05) is 23.3 Å². The minimum Gasteiger partial charge on any atom is -0.258 e. The Kier molecular flexibility index (Phi) is 3.22. The molecule has 20 heavy (non-hydrogen) atoms. The maximum Gasteiger partial charge on any atom is 0.270 e. The van der Waals surface area contributed by atoms with Gasteiger partial charge in [0.05, 0.1) is 4.92 Å². The van der Waals surface area contributed by atoms with Crippen LogP contribution in [0.15, 0.2) is 54.6 Å². The third-order valence-corrected chi connectivity index (χ3v) is 3.53. The number of benzene rings is 2. The van der Waals surface area contributed by atoms with Crippen molar-refractivity contribution >= 4 is 17.2 Å². The SMILES string of the molecule is O=[N+]([O-])c1cccc(-c2nsc(-c3ccccc3)n2)c1. The molecule has 0 bridgehead atoms. The Morgan fingerprint density at radius 1 is 1.00 bits per heavy atom. The number of nitro groups is 1. The summed E-state index contributed by atoms with van der Waals surface area (Å²) in [7, 11) is 0. The van der Waals surface area contributed by atoms with Gasteiger partial charge < -0.3 is 0 Å². The third-order valence-electron chi connectivity index (χ3n) is 2.76. The van der Waals surface area contributed by atoms with Crippen molar-refractivity contribution in [3.63, 3.8) is 0 Å². The molecule has 0 atom stereocenters. The zero-order valence-corrected chi connectivity index (χ0v) is 11.1. The molecule has 1 heterocycles. The van der Waals surface area contributed by atoms with Crippen molar-refractivity contribution in [1.82, 2.24) is 9.36 Å². The van der Waals surface area contributed by atoms with Gasteiger partial charge in [-0.1, -0.05) is 42.5 Å². The van der Waals surface area contributed by atoms with Gasteiger partial charge in [0.25, 0.3) is 5.69 Å². The predicted octanol–water partition coefficient (Wildman–Crippen LogP) is 3.78. The Bertz CT molecular complexity index is 756. The van der Waals surface area contributed by atoms with Crippen LogP contribution in [0.4, 0.5) is 5.69 Å². The molecule has 5 nitrogen and oxygen atoms in total. The Morgan fingerprint density at radius 3 is 2.50 bits per heavy atom. The summed E-state index contributed by atoms with van der Waals surface area (Å²) in [5.41, 5.74) is 1.68. The van der Waals surface area contributed by atoms with Crippen LogP contribution in [0.1, 0.15) is 0 Å². The minimum atomic E-state index is -0.423. The van der Waals surface area contributed by atoms with Crippen LogP contribution in [-0.4, -0.2) is 14.3 Å². The maximum absolute atomic E-state index is 10.8. The minimum absolute atomic E-state index is 0.0403. The summed E-state index contributed by atoms with van der Waals surface area (Å²) in [6, 6.07) is 16.1. The third kappa shape index (κ3) is 2.41. The molecule has 0 aliphatic heterocycles. The molecule has 0 amide bonds. The molecule has 2 aromatic carbocycles. The second kappa shape index (κ2) is 5.18. The van der Waals surface area contributed by atoms with Gasteiger partial charge in [-0.15, -0.1) is 0 Å². The number of hydrogen-bond acceptors (Lipinski definition) is 5. The first-order valence-electron chi connectivity index (χ1n) is 5.88. The van der Waals surface area contributed by atoms with Gasteiger partial charge in [-0.25, -0.2) is 4.98 Å². The van der Waals surface area contributed by atoms with Crippen molar-refractivity contribution in [3.8, 4) is 22.0 Å². The average Bonchev–Trinajstić information content (AvgIpc) is 2.98. The number of nitro benzene ring substituents is 1. The molecule has 0 saturated heterocycles. The second-order valence-electron chi connectivity index (χ2n) is 4.10. The van der Waals surface area contributed by atoms with E-state index in [4.69, 9.17) is 0 Å². The van der Waals surface area contributed by atoms with Crippen LogP contribution < -0.4 is 0 Å². The number of hydrogen-bond donors (Lipinski definition) is 0. The van der Waals surface area contributed by atoms with Gasteiger partial charge in [-0.2, -0.15) is 4.37 Å². The number of non-ortho nitro benzene ring substituents is 1. The van der Waals surface area contributed by atoms with Crippen LogP contribution in [0.25, 0.3) is 22.0 Å². The van der Waals surface area contributed by atoms with E-state index in [-0.39, 0.29) is 5.69 Å². The zero-order chi connectivity index (χ0) is 13.9. The molecule has 0 aliphatic carbocycles. The van der Waals surface area contributed by atoms with Crippen LogP contribution in [0, 0.1) is 10.1 Å². The summed E-state index contributed by atoms with van der Waals surface area (Å²) in [5, 5.41) is 11.6. The van der Waals surface area contributed by atoms with Crippen molar-refractivity contribution in [2.24, 2.45) is 0 Å². The van der Waals surface area contributed by atoms with Crippen molar-refractivity contribution in [3.05, 3.63) is 64.7 Å². The molecule has 1 aromatic heterocycles. The lowest BCUT2D eigenvalue weighted by atomic mass is 10.2. The van der Waals surface area contributed by atoms with E-state index in [2.05, 4.69) is 9.36 Å². The van der Waals surface area contributed by atoms with E-state index in [9.17, 15) is 10.1 Å². The number of nitrogens with zero attached hydrogens (tertiary/aromatic N) is 3. The Hall–Kier alpha value is -2.60. The molecule has 98 valence electrons. The average molecular weight is 283 g/mol. The van der Waals surface area contributed by atoms with E-state index < -0.39 is 4.92 Å². The lowest BCUT2D eigenvalue weighted by Gasteiger charge is -1.95. The van der Waals surface area contributed by atoms with Gasteiger partial charge in [0.2, 0.25) is 0 Å². The van der Waals surface area contributed by atoms with Crippen LogP contribution in [0.5, 0.6) is 0 Å². The normalized spacial score (nSPS) is 10.4. The van der Waals surface area contributed by atoms with Gasteiger partial charge in [-0.3, -0.25) is 10.1 Å². The molecule has 0 aliphatic rings. The van der Waals surface area contributed by atoms with Gasteiger partial charge in [0.1, 0.15) is 5.01 Å². The zero-order valence-electron chi connectivity index (χ0n) is 10.3. The van der Waals surface area contributed by atoms with Crippen molar-refractivity contribution in [2.75, 3.05) is 0 Å². The largest absolute Gasteiger partial charge is 0.270 e. The number of rotatable bonds is 3. The fourth-order valence-electron chi connectivity index (χ4n) is 1.80. The highest BCUT2D eigenvalue weighted by Gasteiger charge is 2.11. The van der Waals surface area contributed by atoms with E-state index in [1.54, 1.807) is 12.1 Å². The van der Waals surface area contributed by atoms with E-state index >= 15 is 0 Å². The molecule has 0 unspecified atom stereocenters. The highest BCUT2D eigenvalue weighted by atomic mass is 32.1. The predicted molar refractivity (Wildman–Crippen MR) is 77.4 cm³/mol. The van der Waals surface area contributed by atoms with Gasteiger partial charge >= 0.3 is 0 Å². The first kappa shape index (κ1) is 12.4. The Morgan fingerprint density at radius 2 is 1.75 bits per heavy atom. The first-order chi connectivity index (χ1) is 9.74. The summed E-state index contributed by atoms with van der Waals surface area (Å²) in [4.78, 5) is 14.8. The Balaban J connectivity index is 1.98. The summed E-state index contributed by atoms with van der Waals surface area (Å²) >= 11 is 1.28. The summed E-state index contributed by atoms with van der Waals surface area (Å²) in [6.45, 7) is 0. The quantitative estimate of drug-likeness (QED) is 0.542. The molecule has 0 spiro atoms. The molecule has 6 heteroatoms. The van der Waals surface area contributed by atoms with Gasteiger partial charge in [0.15, 0.2) is 5.82 Å². The summed E-state index contributed by atoms with van der Waals surface area (Å²) in [5.74, 6) is 0.512. The van der Waals surface area contributed by atoms with Crippen molar-refractivity contribution in [2.45, 2.75) is 0 Å². The van der Waals surface area contributed by atoms with Crippen molar-refractivity contribution < 1.29 is 4.92 Å². The highest BCUT2D eigenvalue weighted by molar-refractivity contribution is 7.09. The second-order valence-corrected chi connectivity index (χ2v) is 4.85. The van der Waals surface area contributed by atoms with Crippen LogP contribution in [0.2, 0.25) is 0 Å². The van der Waals surface area contributed by atoms with E-state index in [0.717, 1.165) is 10.6 Å². The van der Waals surface area contributed by atoms with E-state index in [1.165, 1.54) is 23.7 Å². The van der Waals surface area contributed by atoms with E-state index in [1.807, 2.05) is 30.3 Å². The molecule has 0 fully saturated rings. The smallest absolute Gasteiger partial charge is 0.258 e. The van der Waals surface area contributed by atoms with Crippen LogP contribution in [-0.2, 0) is 0 Å². The summed E-state index contributed by atoms with van der Waals surface area (Å²) < 4.78 is 4.27. The fourth-order valence-corrected chi connectivity index (χ4v) is 2.49. The highest BCUT2D eigenvalue weighted by Crippen LogP contribution is 2.27. The Labute approximate surface area is 118 Å². The maximum atomic E-state index is 10.8. The lowest BCUT2D eigenvalue weighted by molar-refractivity contribution is -0.384. The molecule has 0 radical (unpaired) electrons. The topological polar surface area (TPSA) is 68.9 Å². The fraction of sp³-hybridized carbons (Fsp3) is 0. The van der Waals surface area contributed by atoms with Gasteiger partial charge in [-0.05, 0) is 11.5 Å². The molecular formula is C14H9N3O2S. The standard InChI is InChI=1S/C14H9N3O2S/c18-17(19)12-8-4-7-11(9-12)13-15-14(20-16-13)10-5-2-1-3-6-10/h1-9H. The van der Waals surface area contributed by atoms with Crippen molar-refractivity contribution in [1.29, 1.82) is 0 Å². The van der Waals surface area contributed by atoms with E-state index in [0.29, 0.717) is 11.4 Å². The molecular weight excluding hydrogens is 274 g/mol. The summed E-state index contributed by atoms with van der Waals surface area (Å²) in [6.07, 6.45) is 0. The lowest BCUT2D eigenvalue weighted by Crippen LogP contribution is -1.88. The van der Waals surface area contributed by atoms with Crippen LogP contribution in [0.3, 0.4) is 0 Å². The first-order valence-corrected chi connectivity index (χ1v) is 6.65.